The third-order valence-electron chi connectivity index (χ3n) is 3.08. The molecule has 0 aliphatic heterocycles. The van der Waals surface area contributed by atoms with Crippen molar-refractivity contribution in [3.05, 3.63) is 41.0 Å². The minimum atomic E-state index is -0.392. The first-order chi connectivity index (χ1) is 9.72. The monoisotopic (exact) mass is 287 g/mol. The Morgan fingerprint density at radius 3 is 3.00 bits per heavy atom. The molecule has 5 heteroatoms. The fourth-order valence-corrected chi connectivity index (χ4v) is 3.11. The normalized spacial score (nSPS) is 10.9. The number of ether oxygens (including phenoxy) is 1. The van der Waals surface area contributed by atoms with Crippen molar-refractivity contribution < 1.29 is 14.1 Å². The van der Waals surface area contributed by atoms with E-state index in [0.29, 0.717) is 23.6 Å². The second-order valence-corrected chi connectivity index (χ2v) is 5.24. The molecule has 0 amide bonds. The summed E-state index contributed by atoms with van der Waals surface area (Å²) in [4.78, 5) is 12.1. The fourth-order valence-electron chi connectivity index (χ4n) is 2.16. The first kappa shape index (κ1) is 12.9. The molecule has 4 nitrogen and oxygen atoms in total. The van der Waals surface area contributed by atoms with Gasteiger partial charge in [0.2, 0.25) is 0 Å². The van der Waals surface area contributed by atoms with Crippen LogP contribution < -0.4 is 0 Å². The zero-order chi connectivity index (χ0) is 14.1. The molecule has 2 heterocycles. The quantitative estimate of drug-likeness (QED) is 0.682. The molecule has 0 bridgehead atoms. The van der Waals surface area contributed by atoms with E-state index >= 15 is 0 Å². The maximum atomic E-state index is 12.1. The van der Waals surface area contributed by atoms with Crippen molar-refractivity contribution in [2.45, 2.75) is 13.8 Å². The summed E-state index contributed by atoms with van der Waals surface area (Å²) in [5.41, 5.74) is 1.87. The van der Waals surface area contributed by atoms with Crippen LogP contribution in [0.1, 0.15) is 23.0 Å². The van der Waals surface area contributed by atoms with Crippen molar-refractivity contribution in [1.29, 1.82) is 0 Å². The molecule has 0 fully saturated rings. The molecule has 0 radical (unpaired) electrons. The van der Waals surface area contributed by atoms with Gasteiger partial charge in [0, 0.05) is 21.0 Å². The Morgan fingerprint density at radius 2 is 2.20 bits per heavy atom. The number of carbonyl (C=O) groups excluding carboxylic acids is 1. The van der Waals surface area contributed by atoms with E-state index in [-0.39, 0.29) is 0 Å². The first-order valence-electron chi connectivity index (χ1n) is 6.32. The molecule has 0 saturated carbocycles. The summed E-state index contributed by atoms with van der Waals surface area (Å²) in [6.07, 6.45) is 0. The van der Waals surface area contributed by atoms with Crippen LogP contribution in [0, 0.1) is 6.92 Å². The van der Waals surface area contributed by atoms with Crippen LogP contribution in [0.15, 0.2) is 34.2 Å². The van der Waals surface area contributed by atoms with Gasteiger partial charge < -0.3 is 9.26 Å². The molecule has 0 N–H and O–H groups in total. The average Bonchev–Trinajstić information content (AvgIpc) is 3.02. The van der Waals surface area contributed by atoms with Crippen LogP contribution in [-0.2, 0) is 4.74 Å². The Hall–Kier alpha value is -2.14. The first-order valence-corrected chi connectivity index (χ1v) is 7.20. The number of carbonyl (C=O) groups is 1. The summed E-state index contributed by atoms with van der Waals surface area (Å²) < 4.78 is 11.4. The molecule has 0 aliphatic carbocycles. The van der Waals surface area contributed by atoms with Crippen LogP contribution in [0.4, 0.5) is 0 Å². The van der Waals surface area contributed by atoms with Crippen LogP contribution in [-0.4, -0.2) is 17.7 Å². The molecule has 0 aliphatic rings. The molecule has 102 valence electrons. The third kappa shape index (κ3) is 2.00. The largest absolute Gasteiger partial charge is 0.462 e. The number of fused-ring (bicyclic) bond motifs is 1. The lowest BCUT2D eigenvalue weighted by Crippen LogP contribution is -2.06. The lowest BCUT2D eigenvalue weighted by Gasteiger charge is -2.01. The molecule has 0 saturated heterocycles. The van der Waals surface area contributed by atoms with E-state index in [1.807, 2.05) is 29.6 Å². The van der Waals surface area contributed by atoms with Gasteiger partial charge in [-0.15, -0.1) is 11.3 Å². The number of esters is 1. The molecule has 0 atom stereocenters. The smallest absolute Gasteiger partial charge is 0.344 e. The molecule has 0 unspecified atom stereocenters. The van der Waals surface area contributed by atoms with Crippen molar-refractivity contribution >= 4 is 27.4 Å². The summed E-state index contributed by atoms with van der Waals surface area (Å²) >= 11 is 1.62. The summed E-state index contributed by atoms with van der Waals surface area (Å²) in [6, 6.07) is 8.01. The summed E-state index contributed by atoms with van der Waals surface area (Å²) in [7, 11) is 0. The van der Waals surface area contributed by atoms with Crippen LogP contribution in [0.3, 0.4) is 0 Å². The molecule has 3 rings (SSSR count). The number of aryl methyl sites for hydroxylation is 1. The number of hydrogen-bond donors (Lipinski definition) is 0. The summed E-state index contributed by atoms with van der Waals surface area (Å²) in [5, 5.41) is 7.10. The molecule has 20 heavy (non-hydrogen) atoms. The molecular formula is C15H13NO3S. The van der Waals surface area contributed by atoms with Gasteiger partial charge in [0.05, 0.1) is 6.61 Å². The molecule has 1 aromatic carbocycles. The van der Waals surface area contributed by atoms with Crippen molar-refractivity contribution in [3.8, 4) is 11.3 Å². The number of nitrogens with zero attached hydrogens (tertiary/aromatic N) is 1. The van der Waals surface area contributed by atoms with Crippen LogP contribution in [0.25, 0.3) is 21.3 Å². The highest BCUT2D eigenvalue weighted by atomic mass is 32.1. The van der Waals surface area contributed by atoms with Gasteiger partial charge in [0.15, 0.2) is 0 Å². The predicted octanol–water partition coefficient (Wildman–Crippen LogP) is 4.04. The highest BCUT2D eigenvalue weighted by Crippen LogP contribution is 2.35. The number of hydrogen-bond acceptors (Lipinski definition) is 5. The number of rotatable bonds is 3. The number of aromatic nitrogens is 1. The van der Waals surface area contributed by atoms with Gasteiger partial charge in [-0.3, -0.25) is 0 Å². The van der Waals surface area contributed by atoms with Crippen LogP contribution in [0.5, 0.6) is 0 Å². The van der Waals surface area contributed by atoms with E-state index in [4.69, 9.17) is 9.26 Å². The van der Waals surface area contributed by atoms with Gasteiger partial charge in [-0.2, -0.15) is 0 Å². The summed E-state index contributed by atoms with van der Waals surface area (Å²) in [5.74, 6) is 0.0882. The van der Waals surface area contributed by atoms with E-state index in [9.17, 15) is 4.79 Å². The zero-order valence-electron chi connectivity index (χ0n) is 11.2. The van der Waals surface area contributed by atoms with E-state index in [1.165, 1.54) is 0 Å². The molecule has 3 aromatic rings. The Bertz CT molecular complexity index is 772. The number of benzene rings is 1. The van der Waals surface area contributed by atoms with Gasteiger partial charge in [-0.25, -0.2) is 4.79 Å². The topological polar surface area (TPSA) is 52.3 Å². The van der Waals surface area contributed by atoms with Gasteiger partial charge in [-0.05, 0) is 19.9 Å². The Kier molecular flexibility index (Phi) is 3.28. The summed E-state index contributed by atoms with van der Waals surface area (Å²) in [6.45, 7) is 3.82. The minimum Gasteiger partial charge on any atom is -0.462 e. The molecular weight excluding hydrogens is 274 g/mol. The molecule has 0 spiro atoms. The van der Waals surface area contributed by atoms with Crippen molar-refractivity contribution in [2.75, 3.05) is 6.61 Å². The lowest BCUT2D eigenvalue weighted by molar-refractivity contribution is 0.0525. The molecule has 2 aromatic heterocycles. The van der Waals surface area contributed by atoms with Gasteiger partial charge in [-0.1, -0.05) is 23.4 Å². The van der Waals surface area contributed by atoms with Crippen molar-refractivity contribution in [1.82, 2.24) is 5.16 Å². The predicted molar refractivity (Wildman–Crippen MR) is 78.0 cm³/mol. The number of thiophene rings is 1. The minimum absolute atomic E-state index is 0.327. The second-order valence-electron chi connectivity index (χ2n) is 4.33. The lowest BCUT2D eigenvalue weighted by atomic mass is 10.1. The van der Waals surface area contributed by atoms with E-state index < -0.39 is 5.97 Å². The zero-order valence-corrected chi connectivity index (χ0v) is 12.0. The van der Waals surface area contributed by atoms with Gasteiger partial charge in [0.25, 0.3) is 0 Å². The highest BCUT2D eigenvalue weighted by Gasteiger charge is 2.24. The van der Waals surface area contributed by atoms with Crippen molar-refractivity contribution in [3.63, 3.8) is 0 Å². The van der Waals surface area contributed by atoms with E-state index in [0.717, 1.165) is 15.6 Å². The Morgan fingerprint density at radius 1 is 1.40 bits per heavy atom. The van der Waals surface area contributed by atoms with Crippen LogP contribution in [0.2, 0.25) is 0 Å². The van der Waals surface area contributed by atoms with Gasteiger partial charge >= 0.3 is 5.97 Å². The maximum Gasteiger partial charge on any atom is 0.344 e. The Balaban J connectivity index is 2.18. The third-order valence-corrected chi connectivity index (χ3v) is 4.04. The maximum absolute atomic E-state index is 12.1. The van der Waals surface area contributed by atoms with Gasteiger partial charge in [0.1, 0.15) is 17.0 Å². The van der Waals surface area contributed by atoms with Crippen LogP contribution >= 0.6 is 11.3 Å². The standard InChI is InChI=1S/C15H13NO3S/c1-3-18-15(17)13-9(2)19-16-14(13)11-8-20-12-7-5-4-6-10(11)12/h4-8H,3H2,1-2H3. The SMILES string of the molecule is CCOC(=O)c1c(-c2csc3ccccc23)noc1C. The van der Waals surface area contributed by atoms with Crippen molar-refractivity contribution in [2.24, 2.45) is 0 Å². The van der Waals surface area contributed by atoms with E-state index in [2.05, 4.69) is 5.16 Å². The Labute approximate surface area is 120 Å². The fraction of sp³-hybridized carbons (Fsp3) is 0.200. The second kappa shape index (κ2) is 5.09. The average molecular weight is 287 g/mol. The highest BCUT2D eigenvalue weighted by molar-refractivity contribution is 7.17. The van der Waals surface area contributed by atoms with E-state index in [1.54, 1.807) is 25.2 Å².